The van der Waals surface area contributed by atoms with Crippen LogP contribution in [-0.4, -0.2) is 38.5 Å². The quantitative estimate of drug-likeness (QED) is 0.290. The molecule has 0 aliphatic rings. The van der Waals surface area contributed by atoms with Gasteiger partial charge in [-0.25, -0.2) is 9.97 Å². The molecule has 2 heterocycles. The Morgan fingerprint density at radius 1 is 0.939 bits per heavy atom. The standard InChI is InChI=1S/C25H21N5O2S/c1-2-26-24(32)16-8-7-9-17(14-16)27-22(31)15-33-25-29-19-11-4-3-10-18(19)23-28-20-12-5-6-13-21(20)30(23)25/h3-14H,2,15H2,1H3,(H,26,32)(H,27,31). The largest absolute Gasteiger partial charge is 0.352 e. The van der Waals surface area contributed by atoms with Gasteiger partial charge in [-0.15, -0.1) is 0 Å². The number of carbonyl (C=O) groups is 2. The molecule has 5 rings (SSSR count). The summed E-state index contributed by atoms with van der Waals surface area (Å²) in [7, 11) is 0. The fourth-order valence-electron chi connectivity index (χ4n) is 3.74. The monoisotopic (exact) mass is 455 g/mol. The fraction of sp³-hybridized carbons (Fsp3) is 0.120. The maximum Gasteiger partial charge on any atom is 0.251 e. The van der Waals surface area contributed by atoms with Crippen LogP contribution in [0.3, 0.4) is 0 Å². The van der Waals surface area contributed by atoms with Gasteiger partial charge in [-0.3, -0.25) is 14.0 Å². The Morgan fingerprint density at radius 3 is 2.58 bits per heavy atom. The van der Waals surface area contributed by atoms with Gasteiger partial charge in [0.15, 0.2) is 5.16 Å². The van der Waals surface area contributed by atoms with Gasteiger partial charge in [0, 0.05) is 23.2 Å². The Hall–Kier alpha value is -3.91. The van der Waals surface area contributed by atoms with E-state index in [0.29, 0.717) is 23.0 Å². The highest BCUT2D eigenvalue weighted by atomic mass is 32.2. The summed E-state index contributed by atoms with van der Waals surface area (Å²) < 4.78 is 2.01. The van der Waals surface area contributed by atoms with Gasteiger partial charge in [-0.05, 0) is 49.4 Å². The van der Waals surface area contributed by atoms with E-state index in [1.807, 2.05) is 59.9 Å². The number of rotatable bonds is 6. The number of hydrogen-bond acceptors (Lipinski definition) is 5. The Balaban J connectivity index is 1.42. The van der Waals surface area contributed by atoms with Crippen molar-refractivity contribution in [1.29, 1.82) is 0 Å². The molecule has 0 aliphatic carbocycles. The SMILES string of the molecule is CCNC(=O)c1cccc(NC(=O)CSc2nc3ccccc3c3nc4ccccc4n23)c1. The molecule has 0 bridgehead atoms. The number of benzene rings is 3. The van der Waals surface area contributed by atoms with E-state index >= 15 is 0 Å². The molecule has 8 heteroatoms. The lowest BCUT2D eigenvalue weighted by molar-refractivity contribution is -0.113. The molecule has 7 nitrogen and oxygen atoms in total. The number of thioether (sulfide) groups is 1. The van der Waals surface area contributed by atoms with Crippen molar-refractivity contribution in [2.75, 3.05) is 17.6 Å². The number of amides is 2. The highest BCUT2D eigenvalue weighted by Gasteiger charge is 2.15. The topological polar surface area (TPSA) is 88.4 Å². The summed E-state index contributed by atoms with van der Waals surface area (Å²) in [6, 6.07) is 22.7. The van der Waals surface area contributed by atoms with Gasteiger partial charge in [-0.2, -0.15) is 0 Å². The zero-order valence-corrected chi connectivity index (χ0v) is 18.7. The molecule has 5 aromatic rings. The predicted molar refractivity (Wildman–Crippen MR) is 132 cm³/mol. The number of imidazole rings is 1. The Labute approximate surface area is 194 Å². The van der Waals surface area contributed by atoms with E-state index in [2.05, 4.69) is 10.6 Å². The zero-order chi connectivity index (χ0) is 22.8. The van der Waals surface area contributed by atoms with Gasteiger partial charge in [0.1, 0.15) is 5.65 Å². The van der Waals surface area contributed by atoms with Crippen LogP contribution >= 0.6 is 11.8 Å². The van der Waals surface area contributed by atoms with Crippen LogP contribution in [-0.2, 0) is 4.79 Å². The van der Waals surface area contributed by atoms with Crippen LogP contribution in [0.15, 0.2) is 78.0 Å². The van der Waals surface area contributed by atoms with E-state index in [4.69, 9.17) is 9.97 Å². The second kappa shape index (κ2) is 8.91. The average molecular weight is 456 g/mol. The summed E-state index contributed by atoms with van der Waals surface area (Å²) in [6.07, 6.45) is 0. The lowest BCUT2D eigenvalue weighted by Gasteiger charge is -2.10. The summed E-state index contributed by atoms with van der Waals surface area (Å²) in [6.45, 7) is 2.41. The number of carbonyl (C=O) groups excluding carboxylic acids is 2. The third-order valence-electron chi connectivity index (χ3n) is 5.19. The van der Waals surface area contributed by atoms with E-state index < -0.39 is 0 Å². The molecule has 0 aliphatic heterocycles. The minimum absolute atomic E-state index is 0.165. The maximum absolute atomic E-state index is 12.7. The first-order chi connectivity index (χ1) is 16.1. The van der Waals surface area contributed by atoms with Crippen molar-refractivity contribution in [3.05, 3.63) is 78.4 Å². The summed E-state index contributed by atoms with van der Waals surface area (Å²) >= 11 is 1.35. The van der Waals surface area contributed by atoms with Gasteiger partial charge in [0.25, 0.3) is 5.91 Å². The number of anilines is 1. The number of nitrogens with one attached hydrogen (secondary N) is 2. The van der Waals surface area contributed by atoms with E-state index in [-0.39, 0.29) is 17.6 Å². The van der Waals surface area contributed by atoms with Crippen molar-refractivity contribution in [3.63, 3.8) is 0 Å². The molecule has 2 amide bonds. The molecule has 0 unspecified atom stereocenters. The summed E-state index contributed by atoms with van der Waals surface area (Å²) in [4.78, 5) is 34.4. The second-order valence-corrected chi connectivity index (χ2v) is 8.39. The number of nitrogens with zero attached hydrogens (tertiary/aromatic N) is 3. The van der Waals surface area contributed by atoms with E-state index in [0.717, 1.165) is 27.6 Å². The highest BCUT2D eigenvalue weighted by molar-refractivity contribution is 7.99. The van der Waals surface area contributed by atoms with E-state index in [1.54, 1.807) is 24.3 Å². The molecular weight excluding hydrogens is 434 g/mol. The smallest absolute Gasteiger partial charge is 0.251 e. The van der Waals surface area contributed by atoms with Gasteiger partial charge in [0.05, 0.1) is 22.3 Å². The van der Waals surface area contributed by atoms with Crippen LogP contribution in [0, 0.1) is 0 Å². The highest BCUT2D eigenvalue weighted by Crippen LogP contribution is 2.29. The Morgan fingerprint density at radius 2 is 1.73 bits per heavy atom. The van der Waals surface area contributed by atoms with Gasteiger partial charge in [0.2, 0.25) is 5.91 Å². The lowest BCUT2D eigenvalue weighted by Crippen LogP contribution is -2.23. The number of aromatic nitrogens is 3. The zero-order valence-electron chi connectivity index (χ0n) is 17.9. The molecule has 0 spiro atoms. The average Bonchev–Trinajstić information content (AvgIpc) is 3.23. The van der Waals surface area contributed by atoms with Crippen LogP contribution in [0.1, 0.15) is 17.3 Å². The van der Waals surface area contributed by atoms with Crippen LogP contribution in [0.5, 0.6) is 0 Å². The number of para-hydroxylation sites is 3. The molecule has 0 radical (unpaired) electrons. The van der Waals surface area contributed by atoms with E-state index in [1.165, 1.54) is 11.8 Å². The lowest BCUT2D eigenvalue weighted by atomic mass is 10.2. The van der Waals surface area contributed by atoms with Crippen molar-refractivity contribution in [2.24, 2.45) is 0 Å². The Bertz CT molecular complexity index is 1510. The van der Waals surface area contributed by atoms with E-state index in [9.17, 15) is 9.59 Å². The summed E-state index contributed by atoms with van der Waals surface area (Å²) in [5, 5.41) is 7.29. The summed E-state index contributed by atoms with van der Waals surface area (Å²) in [5.74, 6) is -0.184. The van der Waals surface area contributed by atoms with Gasteiger partial charge >= 0.3 is 0 Å². The van der Waals surface area contributed by atoms with Gasteiger partial charge < -0.3 is 10.6 Å². The fourth-order valence-corrected chi connectivity index (χ4v) is 4.55. The second-order valence-electron chi connectivity index (χ2n) is 7.45. The summed E-state index contributed by atoms with van der Waals surface area (Å²) in [5.41, 5.74) is 4.56. The first kappa shape index (κ1) is 21.0. The van der Waals surface area contributed by atoms with Gasteiger partial charge in [-0.1, -0.05) is 42.1 Å². The predicted octanol–water partition coefficient (Wildman–Crippen LogP) is 4.52. The van der Waals surface area contributed by atoms with Crippen molar-refractivity contribution in [2.45, 2.75) is 12.1 Å². The van der Waals surface area contributed by atoms with Crippen LogP contribution < -0.4 is 10.6 Å². The molecule has 2 N–H and O–H groups in total. The molecule has 164 valence electrons. The molecule has 0 fully saturated rings. The van der Waals surface area contributed by atoms with Crippen LogP contribution in [0.25, 0.3) is 27.6 Å². The minimum Gasteiger partial charge on any atom is -0.352 e. The van der Waals surface area contributed by atoms with Crippen molar-refractivity contribution < 1.29 is 9.59 Å². The van der Waals surface area contributed by atoms with Crippen molar-refractivity contribution in [3.8, 4) is 0 Å². The first-order valence-electron chi connectivity index (χ1n) is 10.6. The molecule has 0 saturated carbocycles. The van der Waals surface area contributed by atoms with Crippen molar-refractivity contribution in [1.82, 2.24) is 19.7 Å². The normalized spacial score (nSPS) is 11.2. The third-order valence-corrected chi connectivity index (χ3v) is 6.13. The maximum atomic E-state index is 12.7. The van der Waals surface area contributed by atoms with Crippen molar-refractivity contribution >= 4 is 56.8 Å². The molecule has 0 atom stereocenters. The molecule has 33 heavy (non-hydrogen) atoms. The molecule has 0 saturated heterocycles. The molecular formula is C25H21N5O2S. The molecule has 2 aromatic heterocycles. The number of hydrogen-bond donors (Lipinski definition) is 2. The minimum atomic E-state index is -0.180. The van der Waals surface area contributed by atoms with Crippen LogP contribution in [0.2, 0.25) is 0 Å². The molecule has 3 aromatic carbocycles. The number of fused-ring (bicyclic) bond motifs is 5. The Kier molecular flexibility index (Phi) is 5.66. The third kappa shape index (κ3) is 4.12. The van der Waals surface area contributed by atoms with Crippen LogP contribution in [0.4, 0.5) is 5.69 Å². The first-order valence-corrected chi connectivity index (χ1v) is 11.6.